The van der Waals surface area contributed by atoms with E-state index in [0.717, 1.165) is 29.8 Å². The molecule has 1 amide bonds. The number of hydrogen-bond acceptors (Lipinski definition) is 3. The molecule has 0 radical (unpaired) electrons. The fourth-order valence-corrected chi connectivity index (χ4v) is 2.37. The van der Waals surface area contributed by atoms with Crippen LogP contribution in [0.4, 0.5) is 5.69 Å². The summed E-state index contributed by atoms with van der Waals surface area (Å²) in [6.07, 6.45) is 0.898. The first-order chi connectivity index (χ1) is 8.63. The maximum atomic E-state index is 11.9. The molecule has 18 heavy (non-hydrogen) atoms. The van der Waals surface area contributed by atoms with Gasteiger partial charge in [-0.2, -0.15) is 0 Å². The molecule has 1 atom stereocenters. The summed E-state index contributed by atoms with van der Waals surface area (Å²) in [5, 5.41) is 12.3. The summed E-state index contributed by atoms with van der Waals surface area (Å²) >= 11 is 0. The Labute approximate surface area is 108 Å². The average molecular weight is 248 g/mol. The second kappa shape index (κ2) is 5.40. The van der Waals surface area contributed by atoms with Gasteiger partial charge in [-0.25, -0.2) is 0 Å². The van der Waals surface area contributed by atoms with Crippen molar-refractivity contribution in [3.8, 4) is 0 Å². The smallest absolute Gasteiger partial charge is 0.245 e. The van der Waals surface area contributed by atoms with Gasteiger partial charge in [-0.3, -0.25) is 4.79 Å². The van der Waals surface area contributed by atoms with Gasteiger partial charge in [0, 0.05) is 18.8 Å². The van der Waals surface area contributed by atoms with Crippen LogP contribution in [0.5, 0.6) is 0 Å². The van der Waals surface area contributed by atoms with Crippen molar-refractivity contribution < 1.29 is 9.90 Å². The number of carbonyl (C=O) groups excluding carboxylic acids is 1. The molecule has 2 N–H and O–H groups in total. The zero-order valence-corrected chi connectivity index (χ0v) is 10.9. The third kappa shape index (κ3) is 2.48. The highest BCUT2D eigenvalue weighted by Gasteiger charge is 2.28. The van der Waals surface area contributed by atoms with E-state index in [1.807, 2.05) is 18.7 Å². The van der Waals surface area contributed by atoms with Crippen molar-refractivity contribution in [1.82, 2.24) is 5.32 Å². The van der Waals surface area contributed by atoms with E-state index in [9.17, 15) is 9.90 Å². The Morgan fingerprint density at radius 3 is 2.94 bits per heavy atom. The Morgan fingerprint density at radius 2 is 2.22 bits per heavy atom. The van der Waals surface area contributed by atoms with Crippen LogP contribution in [0.1, 0.15) is 17.5 Å². The zero-order chi connectivity index (χ0) is 13.1. The molecule has 0 saturated carbocycles. The highest BCUT2D eigenvalue weighted by atomic mass is 16.3. The first-order valence-electron chi connectivity index (χ1n) is 6.36. The van der Waals surface area contributed by atoms with Gasteiger partial charge in [-0.15, -0.1) is 0 Å². The van der Waals surface area contributed by atoms with Crippen molar-refractivity contribution >= 4 is 11.6 Å². The minimum atomic E-state index is -0.479. The van der Waals surface area contributed by atoms with Crippen molar-refractivity contribution in [1.29, 1.82) is 0 Å². The third-order valence-electron chi connectivity index (χ3n) is 3.40. The molecule has 2 rings (SSSR count). The molecule has 4 nitrogen and oxygen atoms in total. The van der Waals surface area contributed by atoms with Crippen LogP contribution in [0.3, 0.4) is 0 Å². The maximum absolute atomic E-state index is 11.9. The quantitative estimate of drug-likeness (QED) is 0.820. The molecule has 1 fully saturated rings. The predicted octanol–water partition coefficient (Wildman–Crippen LogP) is 0.991. The van der Waals surface area contributed by atoms with Gasteiger partial charge in [0.1, 0.15) is 6.04 Å². The lowest BCUT2D eigenvalue weighted by Crippen LogP contribution is -2.47. The predicted molar refractivity (Wildman–Crippen MR) is 71.8 cm³/mol. The number of carbonyl (C=O) groups is 1. The highest BCUT2D eigenvalue weighted by molar-refractivity contribution is 5.86. The number of aliphatic hydroxyl groups is 1. The molecule has 0 aromatic heterocycles. The number of hydrogen-bond donors (Lipinski definition) is 2. The van der Waals surface area contributed by atoms with Crippen molar-refractivity contribution in [2.45, 2.75) is 26.3 Å². The Hall–Kier alpha value is -1.55. The maximum Gasteiger partial charge on any atom is 0.245 e. The normalized spacial score (nSPS) is 20.5. The van der Waals surface area contributed by atoms with Crippen molar-refractivity contribution in [2.75, 3.05) is 24.6 Å². The highest BCUT2D eigenvalue weighted by Crippen LogP contribution is 2.24. The molecule has 1 aliphatic rings. The van der Waals surface area contributed by atoms with Gasteiger partial charge in [0.05, 0.1) is 6.61 Å². The van der Waals surface area contributed by atoms with Gasteiger partial charge in [-0.1, -0.05) is 12.1 Å². The van der Waals surface area contributed by atoms with Gasteiger partial charge < -0.3 is 15.3 Å². The van der Waals surface area contributed by atoms with Crippen LogP contribution in [-0.2, 0) is 4.79 Å². The number of benzene rings is 1. The summed E-state index contributed by atoms with van der Waals surface area (Å²) in [5.41, 5.74) is 3.34. The van der Waals surface area contributed by atoms with E-state index in [1.165, 1.54) is 0 Å². The van der Waals surface area contributed by atoms with E-state index < -0.39 is 6.04 Å². The monoisotopic (exact) mass is 248 g/mol. The summed E-state index contributed by atoms with van der Waals surface area (Å²) in [5.74, 6) is -0.0871. The summed E-state index contributed by atoms with van der Waals surface area (Å²) in [6.45, 7) is 5.38. The average Bonchev–Trinajstić information content (AvgIpc) is 2.53. The number of nitrogens with zero attached hydrogens (tertiary/aromatic N) is 1. The van der Waals surface area contributed by atoms with Gasteiger partial charge in [0.15, 0.2) is 0 Å². The second-order valence-electron chi connectivity index (χ2n) is 4.83. The number of amides is 1. The molecular weight excluding hydrogens is 228 g/mol. The Bertz CT molecular complexity index is 445. The third-order valence-corrected chi connectivity index (χ3v) is 3.40. The zero-order valence-electron chi connectivity index (χ0n) is 10.9. The molecule has 1 saturated heterocycles. The van der Waals surface area contributed by atoms with Crippen LogP contribution in [0.25, 0.3) is 0 Å². The lowest BCUT2D eigenvalue weighted by atomic mass is 10.1. The molecule has 1 heterocycles. The number of rotatable bonds is 2. The van der Waals surface area contributed by atoms with Crippen LogP contribution < -0.4 is 10.2 Å². The molecule has 1 unspecified atom stereocenters. The van der Waals surface area contributed by atoms with E-state index in [1.54, 1.807) is 0 Å². The van der Waals surface area contributed by atoms with E-state index in [2.05, 4.69) is 23.5 Å². The largest absolute Gasteiger partial charge is 0.394 e. The first kappa shape index (κ1) is 12.9. The number of anilines is 1. The van der Waals surface area contributed by atoms with E-state index in [0.29, 0.717) is 6.54 Å². The lowest BCUT2D eigenvalue weighted by Gasteiger charge is -2.30. The second-order valence-corrected chi connectivity index (χ2v) is 4.83. The van der Waals surface area contributed by atoms with Crippen LogP contribution >= 0.6 is 0 Å². The molecular formula is C14H20N2O2. The molecule has 1 aliphatic heterocycles. The SMILES string of the molecule is Cc1ccc(C)c(N2CCCNC(=O)C2CO)c1. The molecule has 1 aromatic rings. The van der Waals surface area contributed by atoms with E-state index in [-0.39, 0.29) is 12.5 Å². The summed E-state index contributed by atoms with van der Waals surface area (Å²) < 4.78 is 0. The van der Waals surface area contributed by atoms with Crippen LogP contribution in [-0.4, -0.2) is 36.8 Å². The summed E-state index contributed by atoms with van der Waals surface area (Å²) in [7, 11) is 0. The fraction of sp³-hybridized carbons (Fsp3) is 0.500. The lowest BCUT2D eigenvalue weighted by molar-refractivity contribution is -0.122. The summed E-state index contributed by atoms with van der Waals surface area (Å²) in [4.78, 5) is 13.9. The topological polar surface area (TPSA) is 52.6 Å². The first-order valence-corrected chi connectivity index (χ1v) is 6.36. The van der Waals surface area contributed by atoms with Crippen molar-refractivity contribution in [2.24, 2.45) is 0 Å². The minimum absolute atomic E-state index is 0.0871. The van der Waals surface area contributed by atoms with E-state index in [4.69, 9.17) is 0 Å². The van der Waals surface area contributed by atoms with Crippen LogP contribution in [0.2, 0.25) is 0 Å². The van der Waals surface area contributed by atoms with Crippen molar-refractivity contribution in [3.05, 3.63) is 29.3 Å². The molecule has 1 aromatic carbocycles. The Morgan fingerprint density at radius 1 is 1.44 bits per heavy atom. The van der Waals surface area contributed by atoms with Crippen molar-refractivity contribution in [3.63, 3.8) is 0 Å². The van der Waals surface area contributed by atoms with Gasteiger partial charge in [0.25, 0.3) is 0 Å². The van der Waals surface area contributed by atoms with E-state index >= 15 is 0 Å². The summed E-state index contributed by atoms with van der Waals surface area (Å²) in [6, 6.07) is 5.72. The molecule has 0 spiro atoms. The molecule has 0 aliphatic carbocycles. The molecule has 0 bridgehead atoms. The fourth-order valence-electron chi connectivity index (χ4n) is 2.37. The van der Waals surface area contributed by atoms with Crippen LogP contribution in [0.15, 0.2) is 18.2 Å². The number of nitrogens with one attached hydrogen (secondary N) is 1. The Kier molecular flexibility index (Phi) is 3.87. The number of aryl methyl sites for hydroxylation is 2. The van der Waals surface area contributed by atoms with Gasteiger partial charge in [-0.05, 0) is 37.5 Å². The Balaban J connectivity index is 2.38. The van der Waals surface area contributed by atoms with Gasteiger partial charge in [0.2, 0.25) is 5.91 Å². The standard InChI is InChI=1S/C14H20N2O2/c1-10-4-5-11(2)12(8-10)16-7-3-6-15-14(18)13(16)9-17/h4-5,8,13,17H,3,6-7,9H2,1-2H3,(H,15,18). The minimum Gasteiger partial charge on any atom is -0.394 e. The van der Waals surface area contributed by atoms with Crippen LogP contribution in [0, 0.1) is 13.8 Å². The molecule has 98 valence electrons. The number of aliphatic hydroxyl groups excluding tert-OH is 1. The van der Waals surface area contributed by atoms with Gasteiger partial charge >= 0.3 is 0 Å². The molecule has 4 heteroatoms.